The molecule has 1 amide bonds. The van der Waals surface area contributed by atoms with Crippen molar-refractivity contribution >= 4 is 45.6 Å². The first-order chi connectivity index (χ1) is 14.5. The van der Waals surface area contributed by atoms with Crippen molar-refractivity contribution < 1.29 is 38.7 Å². The standard InChI is InChI=1S/C18H22N4O8S/c1-9(23)7-29-22-14(25)10(17(22,2)3)6-12(24)13(11-8-31-16(19)20-11)21-30-18(15(26)27)4-5-28-18/h8,10H,4-7H2,1-3H3,(H2,19,20)(H,26,27)/b21-13-/t10-,18?/m1/s1. The van der Waals surface area contributed by atoms with E-state index in [0.29, 0.717) is 0 Å². The number of β-lactam (4-membered cyclic amide) rings is 1. The second-order valence-electron chi connectivity index (χ2n) is 7.70. The molecule has 2 fully saturated rings. The number of aliphatic carboxylic acids is 1. The molecule has 31 heavy (non-hydrogen) atoms. The number of hydrogen-bond donors (Lipinski definition) is 2. The predicted molar refractivity (Wildman–Crippen MR) is 106 cm³/mol. The number of nitrogens with zero attached hydrogens (tertiary/aromatic N) is 3. The highest BCUT2D eigenvalue weighted by Crippen LogP contribution is 2.40. The van der Waals surface area contributed by atoms with Crippen LogP contribution in [0.15, 0.2) is 10.5 Å². The second kappa shape index (κ2) is 8.32. The number of ketones is 2. The third kappa shape index (κ3) is 4.29. The van der Waals surface area contributed by atoms with Gasteiger partial charge >= 0.3 is 11.8 Å². The number of rotatable bonds is 10. The molecule has 13 heteroatoms. The molecule has 3 heterocycles. The number of carboxylic acids is 1. The molecule has 0 bridgehead atoms. The van der Waals surface area contributed by atoms with Gasteiger partial charge in [-0.05, 0) is 20.8 Å². The van der Waals surface area contributed by atoms with Gasteiger partial charge < -0.3 is 20.4 Å². The van der Waals surface area contributed by atoms with Crippen LogP contribution in [0, 0.1) is 5.92 Å². The molecule has 1 unspecified atom stereocenters. The largest absolute Gasteiger partial charge is 0.476 e. The number of Topliss-reactive ketones (excluding diaryl/α,β-unsaturated/α-hetero) is 2. The Labute approximate surface area is 180 Å². The van der Waals surface area contributed by atoms with Crippen LogP contribution in [-0.4, -0.2) is 68.8 Å². The summed E-state index contributed by atoms with van der Waals surface area (Å²) in [5.41, 5.74) is 4.62. The molecular formula is C18H22N4O8S. The summed E-state index contributed by atoms with van der Waals surface area (Å²) in [5.74, 6) is -5.39. The Balaban J connectivity index is 1.78. The van der Waals surface area contributed by atoms with Crippen molar-refractivity contribution in [3.8, 4) is 0 Å². The number of nitrogens with two attached hydrogens (primary N) is 1. The molecule has 0 spiro atoms. The number of carboxylic acid groups (broad SMARTS) is 1. The first kappa shape index (κ1) is 22.8. The summed E-state index contributed by atoms with van der Waals surface area (Å²) in [7, 11) is 0. The van der Waals surface area contributed by atoms with Crippen LogP contribution in [0.5, 0.6) is 0 Å². The van der Waals surface area contributed by atoms with Crippen molar-refractivity contribution in [3.05, 3.63) is 11.1 Å². The fourth-order valence-electron chi connectivity index (χ4n) is 3.13. The molecule has 1 aromatic heterocycles. The fourth-order valence-corrected chi connectivity index (χ4v) is 3.68. The van der Waals surface area contributed by atoms with Crippen LogP contribution in [0.4, 0.5) is 5.13 Å². The molecule has 0 saturated carbocycles. The maximum atomic E-state index is 13.0. The molecule has 2 atom stereocenters. The average Bonchev–Trinajstić information content (AvgIpc) is 3.06. The number of anilines is 1. The van der Waals surface area contributed by atoms with Crippen LogP contribution in [0.1, 0.15) is 39.3 Å². The molecule has 3 N–H and O–H groups in total. The molecule has 1 aromatic rings. The van der Waals surface area contributed by atoms with Gasteiger partial charge in [-0.25, -0.2) is 14.8 Å². The number of carbonyl (C=O) groups excluding carboxylic acids is 3. The molecule has 2 saturated heterocycles. The predicted octanol–water partition coefficient (Wildman–Crippen LogP) is 0.364. The van der Waals surface area contributed by atoms with Crippen LogP contribution >= 0.6 is 11.3 Å². The zero-order valence-corrected chi connectivity index (χ0v) is 17.9. The molecule has 0 radical (unpaired) electrons. The molecule has 168 valence electrons. The van der Waals surface area contributed by atoms with Crippen molar-refractivity contribution in [2.75, 3.05) is 18.9 Å². The smallest absolute Gasteiger partial charge is 0.379 e. The summed E-state index contributed by atoms with van der Waals surface area (Å²) in [4.78, 5) is 62.4. The van der Waals surface area contributed by atoms with Crippen LogP contribution < -0.4 is 5.73 Å². The molecule has 2 aliphatic heterocycles. The van der Waals surface area contributed by atoms with E-state index < -0.39 is 34.9 Å². The summed E-state index contributed by atoms with van der Waals surface area (Å²) in [5, 5.41) is 15.8. The van der Waals surface area contributed by atoms with Crippen LogP contribution in [-0.2, 0) is 33.6 Å². The Morgan fingerprint density at radius 2 is 2.13 bits per heavy atom. The maximum Gasteiger partial charge on any atom is 0.379 e. The monoisotopic (exact) mass is 454 g/mol. The maximum absolute atomic E-state index is 13.0. The lowest BCUT2D eigenvalue weighted by Gasteiger charge is -2.52. The van der Waals surface area contributed by atoms with Gasteiger partial charge in [0, 0.05) is 11.8 Å². The van der Waals surface area contributed by atoms with E-state index in [9.17, 15) is 24.3 Å². The quantitative estimate of drug-likeness (QED) is 0.286. The van der Waals surface area contributed by atoms with E-state index in [1.165, 1.54) is 12.3 Å². The van der Waals surface area contributed by atoms with Crippen LogP contribution in [0.25, 0.3) is 0 Å². The van der Waals surface area contributed by atoms with E-state index in [1.807, 2.05) is 0 Å². The number of hydroxylamine groups is 2. The summed E-state index contributed by atoms with van der Waals surface area (Å²) >= 11 is 1.06. The fraction of sp³-hybridized carbons (Fsp3) is 0.556. The number of thiazole rings is 1. The first-order valence-corrected chi connectivity index (χ1v) is 10.2. The SMILES string of the molecule is CC(=O)CON1C(=O)[C@@H](CC(=O)/C(=N\OC2(C(=O)O)CCO2)c2csc(N)n2)C1(C)C. The number of hydrogen-bond acceptors (Lipinski definition) is 11. The molecule has 2 aliphatic rings. The Morgan fingerprint density at radius 3 is 2.58 bits per heavy atom. The molecule has 0 aliphatic carbocycles. The van der Waals surface area contributed by atoms with E-state index in [-0.39, 0.29) is 48.4 Å². The van der Waals surface area contributed by atoms with Gasteiger partial charge in [-0.15, -0.1) is 11.3 Å². The Bertz CT molecular complexity index is 952. The number of amides is 1. The Kier molecular flexibility index (Phi) is 6.11. The molecule has 0 aromatic carbocycles. The third-order valence-corrected chi connectivity index (χ3v) is 5.74. The Hall–Kier alpha value is -2.90. The molecular weight excluding hydrogens is 432 g/mol. The highest BCUT2D eigenvalue weighted by atomic mass is 32.1. The summed E-state index contributed by atoms with van der Waals surface area (Å²) in [6, 6.07) is 0. The van der Waals surface area contributed by atoms with Crippen molar-refractivity contribution in [3.63, 3.8) is 0 Å². The van der Waals surface area contributed by atoms with Gasteiger partial charge in [0.25, 0.3) is 5.91 Å². The average molecular weight is 454 g/mol. The highest BCUT2D eigenvalue weighted by Gasteiger charge is 2.56. The van der Waals surface area contributed by atoms with Crippen molar-refractivity contribution in [2.45, 2.75) is 44.9 Å². The van der Waals surface area contributed by atoms with Gasteiger partial charge in [0.15, 0.2) is 22.4 Å². The number of aromatic nitrogens is 1. The minimum Gasteiger partial charge on any atom is -0.476 e. The normalized spacial score (nSPS) is 24.9. The topological polar surface area (TPSA) is 171 Å². The highest BCUT2D eigenvalue weighted by molar-refractivity contribution is 7.13. The van der Waals surface area contributed by atoms with Gasteiger partial charge in [-0.2, -0.15) is 0 Å². The summed E-state index contributed by atoms with van der Waals surface area (Å²) in [6.07, 6.45) is -0.199. The minimum absolute atomic E-state index is 0.0586. The van der Waals surface area contributed by atoms with E-state index in [2.05, 4.69) is 10.1 Å². The van der Waals surface area contributed by atoms with Crippen LogP contribution in [0.2, 0.25) is 0 Å². The third-order valence-electron chi connectivity index (χ3n) is 5.07. The van der Waals surface area contributed by atoms with E-state index in [1.54, 1.807) is 13.8 Å². The lowest BCUT2D eigenvalue weighted by molar-refractivity contribution is -0.299. The first-order valence-electron chi connectivity index (χ1n) is 9.32. The van der Waals surface area contributed by atoms with Crippen LogP contribution in [0.3, 0.4) is 0 Å². The van der Waals surface area contributed by atoms with Crippen molar-refractivity contribution in [1.29, 1.82) is 0 Å². The van der Waals surface area contributed by atoms with Gasteiger partial charge in [0.1, 0.15) is 12.3 Å². The number of carbonyl (C=O) groups is 4. The van der Waals surface area contributed by atoms with Crippen molar-refractivity contribution in [1.82, 2.24) is 10.0 Å². The lowest BCUT2D eigenvalue weighted by Crippen LogP contribution is -2.68. The minimum atomic E-state index is -1.96. The lowest BCUT2D eigenvalue weighted by atomic mass is 9.74. The number of oxime groups is 1. The summed E-state index contributed by atoms with van der Waals surface area (Å²) < 4.78 is 4.99. The van der Waals surface area contributed by atoms with Gasteiger partial charge in [0.2, 0.25) is 0 Å². The zero-order chi connectivity index (χ0) is 23.0. The Morgan fingerprint density at radius 1 is 1.45 bits per heavy atom. The second-order valence-corrected chi connectivity index (χ2v) is 8.59. The van der Waals surface area contributed by atoms with Gasteiger partial charge in [-0.3, -0.25) is 19.2 Å². The van der Waals surface area contributed by atoms with Gasteiger partial charge in [-0.1, -0.05) is 5.16 Å². The zero-order valence-electron chi connectivity index (χ0n) is 17.1. The number of nitrogen functional groups attached to an aromatic ring is 1. The number of ether oxygens (including phenoxy) is 1. The molecule has 3 rings (SSSR count). The summed E-state index contributed by atoms with van der Waals surface area (Å²) in [6.45, 7) is 4.64. The van der Waals surface area contributed by atoms with E-state index >= 15 is 0 Å². The van der Waals surface area contributed by atoms with E-state index in [4.69, 9.17) is 20.1 Å². The van der Waals surface area contributed by atoms with E-state index in [0.717, 1.165) is 16.4 Å². The van der Waals surface area contributed by atoms with Crippen molar-refractivity contribution in [2.24, 2.45) is 11.1 Å². The molecule has 12 nitrogen and oxygen atoms in total. The van der Waals surface area contributed by atoms with Gasteiger partial charge in [0.05, 0.1) is 24.5 Å².